The molecule has 1 unspecified atom stereocenters. The summed E-state index contributed by atoms with van der Waals surface area (Å²) in [6.45, 7) is 15.4. The van der Waals surface area contributed by atoms with E-state index in [1.165, 1.54) is 50.0 Å². The lowest BCUT2D eigenvalue weighted by Gasteiger charge is -2.51. The van der Waals surface area contributed by atoms with E-state index in [1.54, 1.807) is 0 Å². The minimum Gasteiger partial charge on any atom is -0.337 e. The maximum absolute atomic E-state index is 14.4. The molecule has 35 heavy (non-hydrogen) atoms. The maximum Gasteiger partial charge on any atom is 0.233 e. The number of carbonyl (C=O) groups excluding carboxylic acids is 1. The van der Waals surface area contributed by atoms with E-state index in [2.05, 4.69) is 84.0 Å². The number of hydrogen-bond donors (Lipinski definition) is 0. The van der Waals surface area contributed by atoms with Crippen molar-refractivity contribution < 1.29 is 4.79 Å². The molecule has 0 radical (unpaired) electrons. The van der Waals surface area contributed by atoms with Crippen LogP contribution >= 0.6 is 0 Å². The molecule has 1 aliphatic carbocycles. The largest absolute Gasteiger partial charge is 0.337 e. The second-order valence-corrected chi connectivity index (χ2v) is 12.4. The third-order valence-corrected chi connectivity index (χ3v) is 9.42. The lowest BCUT2D eigenvalue weighted by atomic mass is 9.62. The van der Waals surface area contributed by atoms with Crippen molar-refractivity contribution >= 4 is 5.91 Å². The number of fused-ring (bicyclic) bond motifs is 1. The molecule has 0 aromatic heterocycles. The maximum atomic E-state index is 14.4. The van der Waals surface area contributed by atoms with Crippen molar-refractivity contribution in [2.24, 2.45) is 10.8 Å². The molecule has 4 aliphatic rings. The molecular weight excluding hydrogens is 430 g/mol. The first-order chi connectivity index (χ1) is 16.8. The minimum atomic E-state index is -0.398. The van der Waals surface area contributed by atoms with Crippen LogP contribution in [0.1, 0.15) is 64.9 Å². The molecule has 4 nitrogen and oxygen atoms in total. The van der Waals surface area contributed by atoms with E-state index < -0.39 is 5.41 Å². The van der Waals surface area contributed by atoms with Crippen LogP contribution in [-0.4, -0.2) is 73.0 Å². The Balaban J connectivity index is 1.32. The van der Waals surface area contributed by atoms with Crippen molar-refractivity contribution in [3.63, 3.8) is 0 Å². The molecule has 0 saturated carbocycles. The SMILES string of the molecule is CC1(C)C=CCC2(C)CN(C(=O)C3(c4ccccc4)CCN(CCN4CCCCC4)CC3)CC=C12. The van der Waals surface area contributed by atoms with E-state index in [0.717, 1.165) is 52.0 Å². The molecule has 2 fully saturated rings. The van der Waals surface area contributed by atoms with Gasteiger partial charge >= 0.3 is 0 Å². The summed E-state index contributed by atoms with van der Waals surface area (Å²) in [5.74, 6) is 0.350. The number of hydrogen-bond acceptors (Lipinski definition) is 3. The smallest absolute Gasteiger partial charge is 0.233 e. The summed E-state index contributed by atoms with van der Waals surface area (Å²) in [7, 11) is 0. The van der Waals surface area contributed by atoms with Gasteiger partial charge in [0.25, 0.3) is 0 Å². The number of carbonyl (C=O) groups is 1. The van der Waals surface area contributed by atoms with Gasteiger partial charge in [-0.25, -0.2) is 0 Å². The third-order valence-electron chi connectivity index (χ3n) is 9.42. The zero-order chi connectivity index (χ0) is 24.5. The molecule has 3 aliphatic heterocycles. The van der Waals surface area contributed by atoms with Crippen LogP contribution in [-0.2, 0) is 10.2 Å². The standard InChI is InChI=1S/C31H45N3O/c1-29(2)14-10-15-30(3)25-34(20-13-27(29)30)28(35)31(26-11-6-4-7-12-26)16-21-33(22-17-31)24-23-32-18-8-5-9-19-32/h4,6-7,10-14H,5,8-9,15-25H2,1-3H3. The van der Waals surface area contributed by atoms with Crippen molar-refractivity contribution in [3.05, 3.63) is 59.7 Å². The Morgan fingerprint density at radius 2 is 1.54 bits per heavy atom. The minimum absolute atomic E-state index is 0.0409. The summed E-state index contributed by atoms with van der Waals surface area (Å²) in [6, 6.07) is 10.7. The Bertz CT molecular complexity index is 951. The molecule has 1 atom stereocenters. The van der Waals surface area contributed by atoms with E-state index in [1.807, 2.05) is 0 Å². The van der Waals surface area contributed by atoms with Gasteiger partial charge in [0.1, 0.15) is 0 Å². The molecule has 1 amide bonds. The van der Waals surface area contributed by atoms with Crippen molar-refractivity contribution in [2.75, 3.05) is 52.4 Å². The van der Waals surface area contributed by atoms with E-state index in [9.17, 15) is 4.79 Å². The van der Waals surface area contributed by atoms with Gasteiger partial charge in [0, 0.05) is 37.0 Å². The zero-order valence-electron chi connectivity index (χ0n) is 22.3. The van der Waals surface area contributed by atoms with Gasteiger partial charge in [-0.15, -0.1) is 0 Å². The summed E-state index contributed by atoms with van der Waals surface area (Å²) in [5, 5.41) is 0. The average Bonchev–Trinajstić information content (AvgIpc) is 2.87. The second-order valence-electron chi connectivity index (χ2n) is 12.4. The highest BCUT2D eigenvalue weighted by Crippen LogP contribution is 2.50. The number of likely N-dealkylation sites (tertiary alicyclic amines) is 2. The Morgan fingerprint density at radius 3 is 2.23 bits per heavy atom. The number of rotatable bonds is 5. The van der Waals surface area contributed by atoms with Crippen LogP contribution in [0, 0.1) is 10.8 Å². The molecule has 5 rings (SSSR count). The predicted molar refractivity (Wildman–Crippen MR) is 144 cm³/mol. The first kappa shape index (κ1) is 24.8. The summed E-state index contributed by atoms with van der Waals surface area (Å²) in [6.07, 6.45) is 14.0. The lowest BCUT2D eigenvalue weighted by Crippen LogP contribution is -2.57. The van der Waals surface area contributed by atoms with Crippen molar-refractivity contribution in [3.8, 4) is 0 Å². The Hall–Kier alpha value is -1.91. The number of nitrogens with zero attached hydrogens (tertiary/aromatic N) is 3. The third kappa shape index (κ3) is 4.89. The highest BCUT2D eigenvalue weighted by molar-refractivity contribution is 5.89. The molecule has 1 aromatic rings. The number of piperidine rings is 2. The topological polar surface area (TPSA) is 26.8 Å². The monoisotopic (exact) mass is 475 g/mol. The first-order valence-corrected chi connectivity index (χ1v) is 14.0. The van der Waals surface area contributed by atoms with E-state index >= 15 is 0 Å². The molecular formula is C31H45N3O. The van der Waals surface area contributed by atoms with Gasteiger partial charge in [-0.1, -0.05) is 81.3 Å². The van der Waals surface area contributed by atoms with Gasteiger partial charge in [-0.2, -0.15) is 0 Å². The van der Waals surface area contributed by atoms with Gasteiger partial charge in [0.05, 0.1) is 5.41 Å². The molecule has 0 bridgehead atoms. The Morgan fingerprint density at radius 1 is 0.886 bits per heavy atom. The summed E-state index contributed by atoms with van der Waals surface area (Å²) >= 11 is 0. The van der Waals surface area contributed by atoms with Gasteiger partial charge in [-0.05, 0) is 63.8 Å². The van der Waals surface area contributed by atoms with Crippen LogP contribution in [0.15, 0.2) is 54.1 Å². The van der Waals surface area contributed by atoms with Crippen molar-refractivity contribution in [1.29, 1.82) is 0 Å². The number of benzene rings is 1. The van der Waals surface area contributed by atoms with Crippen LogP contribution in [0.25, 0.3) is 0 Å². The Labute approximate surface area is 213 Å². The number of amides is 1. The normalized spacial score (nSPS) is 28.9. The quantitative estimate of drug-likeness (QED) is 0.543. The van der Waals surface area contributed by atoms with E-state index in [0.29, 0.717) is 5.91 Å². The van der Waals surface area contributed by atoms with E-state index in [4.69, 9.17) is 0 Å². The highest BCUT2D eigenvalue weighted by Gasteiger charge is 2.49. The van der Waals surface area contributed by atoms with Crippen molar-refractivity contribution in [2.45, 2.75) is 64.7 Å². The number of allylic oxidation sites excluding steroid dienone is 2. The van der Waals surface area contributed by atoms with Gasteiger partial charge < -0.3 is 14.7 Å². The Kier molecular flexibility index (Phi) is 6.98. The molecule has 2 saturated heterocycles. The van der Waals surface area contributed by atoms with Crippen molar-refractivity contribution in [1.82, 2.24) is 14.7 Å². The first-order valence-electron chi connectivity index (χ1n) is 14.0. The van der Waals surface area contributed by atoms with Gasteiger partial charge in [-0.3, -0.25) is 4.79 Å². The zero-order valence-corrected chi connectivity index (χ0v) is 22.3. The van der Waals surface area contributed by atoms with Crippen LogP contribution in [0.4, 0.5) is 0 Å². The summed E-state index contributed by atoms with van der Waals surface area (Å²) in [4.78, 5) is 21.8. The second kappa shape index (κ2) is 9.86. The van der Waals surface area contributed by atoms with Crippen LogP contribution in [0.2, 0.25) is 0 Å². The summed E-state index contributed by atoms with van der Waals surface area (Å²) < 4.78 is 0. The lowest BCUT2D eigenvalue weighted by molar-refractivity contribution is -0.141. The van der Waals surface area contributed by atoms with Crippen LogP contribution < -0.4 is 0 Å². The van der Waals surface area contributed by atoms with Gasteiger partial charge in [0.15, 0.2) is 0 Å². The highest BCUT2D eigenvalue weighted by atomic mass is 16.2. The van der Waals surface area contributed by atoms with Gasteiger partial charge in [0.2, 0.25) is 5.91 Å². The molecule has 0 spiro atoms. The molecule has 190 valence electrons. The predicted octanol–water partition coefficient (Wildman–Crippen LogP) is 5.27. The van der Waals surface area contributed by atoms with E-state index in [-0.39, 0.29) is 10.8 Å². The fourth-order valence-electron chi connectivity index (χ4n) is 7.40. The van der Waals surface area contributed by atoms with Crippen LogP contribution in [0.3, 0.4) is 0 Å². The molecule has 4 heteroatoms. The fraction of sp³-hybridized carbons (Fsp3) is 0.645. The summed E-state index contributed by atoms with van der Waals surface area (Å²) in [5.41, 5.74) is 2.45. The molecule has 0 N–H and O–H groups in total. The molecule has 1 aromatic carbocycles. The molecule has 3 heterocycles. The van der Waals surface area contributed by atoms with Crippen LogP contribution in [0.5, 0.6) is 0 Å². The average molecular weight is 476 g/mol. The fourth-order valence-corrected chi connectivity index (χ4v) is 7.40.